The van der Waals surface area contributed by atoms with E-state index in [-0.39, 0.29) is 17.9 Å². The number of rotatable bonds is 5. The highest BCUT2D eigenvalue weighted by Gasteiger charge is 2.31. The van der Waals surface area contributed by atoms with Crippen molar-refractivity contribution in [3.05, 3.63) is 28.7 Å². The summed E-state index contributed by atoms with van der Waals surface area (Å²) in [4.78, 5) is 19.1. The van der Waals surface area contributed by atoms with Gasteiger partial charge < -0.3 is 14.2 Å². The van der Waals surface area contributed by atoms with Gasteiger partial charge in [0.1, 0.15) is 17.7 Å². The molecule has 8 nitrogen and oxygen atoms in total. The fourth-order valence-electron chi connectivity index (χ4n) is 3.12. The number of aromatic nitrogens is 4. The Morgan fingerprint density at radius 1 is 1.44 bits per heavy atom. The molecule has 0 saturated carbocycles. The summed E-state index contributed by atoms with van der Waals surface area (Å²) in [5.74, 6) is 2.19. The van der Waals surface area contributed by atoms with Gasteiger partial charge in [-0.2, -0.15) is 5.10 Å². The van der Waals surface area contributed by atoms with Crippen LogP contribution < -0.4 is 0 Å². The van der Waals surface area contributed by atoms with Crippen LogP contribution in [0.1, 0.15) is 48.6 Å². The Balaban J connectivity index is 1.65. The maximum Gasteiger partial charge on any atom is 0.225 e. The van der Waals surface area contributed by atoms with E-state index in [0.29, 0.717) is 31.9 Å². The smallest absolute Gasteiger partial charge is 0.225 e. The summed E-state index contributed by atoms with van der Waals surface area (Å²) in [6.45, 7) is 9.30. The molecule has 0 bridgehead atoms. The largest absolute Gasteiger partial charge is 0.366 e. The predicted octanol–water partition coefficient (Wildman–Crippen LogP) is 1.75. The van der Waals surface area contributed by atoms with Crippen molar-refractivity contribution in [3.8, 4) is 0 Å². The highest BCUT2D eigenvalue weighted by Crippen LogP contribution is 2.23. The number of nitrogens with zero attached hydrogens (tertiary/aromatic N) is 4. The molecule has 3 rings (SSSR count). The SMILES string of the molecule is CCc1nc([C@@H]2CN(C(=O)[C@H](C)Cc3c(C)noc3C)CCO2)n[nH]1. The molecule has 3 heterocycles. The Bertz CT molecular complexity index is 719. The van der Waals surface area contributed by atoms with Gasteiger partial charge in [0.15, 0.2) is 5.82 Å². The summed E-state index contributed by atoms with van der Waals surface area (Å²) in [7, 11) is 0. The monoisotopic (exact) mass is 347 g/mol. The number of hydrogen-bond acceptors (Lipinski definition) is 6. The number of aryl methyl sites for hydroxylation is 3. The van der Waals surface area contributed by atoms with Crippen molar-refractivity contribution in [1.82, 2.24) is 25.2 Å². The highest BCUT2D eigenvalue weighted by molar-refractivity contribution is 5.79. The average Bonchev–Trinajstić information content (AvgIpc) is 3.23. The minimum atomic E-state index is -0.277. The van der Waals surface area contributed by atoms with Gasteiger partial charge in [-0.1, -0.05) is 19.0 Å². The average molecular weight is 347 g/mol. The minimum Gasteiger partial charge on any atom is -0.366 e. The molecule has 1 amide bonds. The molecule has 0 aromatic carbocycles. The molecule has 0 spiro atoms. The van der Waals surface area contributed by atoms with Crippen molar-refractivity contribution in [2.75, 3.05) is 19.7 Å². The lowest BCUT2D eigenvalue weighted by Gasteiger charge is -2.33. The normalized spacial score (nSPS) is 19.2. The quantitative estimate of drug-likeness (QED) is 0.885. The van der Waals surface area contributed by atoms with Crippen molar-refractivity contribution >= 4 is 5.91 Å². The van der Waals surface area contributed by atoms with E-state index in [0.717, 1.165) is 29.3 Å². The number of hydrogen-bond donors (Lipinski definition) is 1. The number of nitrogens with one attached hydrogen (secondary N) is 1. The van der Waals surface area contributed by atoms with E-state index in [2.05, 4.69) is 20.3 Å². The summed E-state index contributed by atoms with van der Waals surface area (Å²) in [6.07, 6.45) is 1.14. The van der Waals surface area contributed by atoms with Crippen LogP contribution in [0, 0.1) is 19.8 Å². The van der Waals surface area contributed by atoms with Crippen LogP contribution in [-0.4, -0.2) is 50.8 Å². The van der Waals surface area contributed by atoms with Crippen LogP contribution >= 0.6 is 0 Å². The number of H-pyrrole nitrogens is 1. The maximum atomic E-state index is 12.9. The van der Waals surface area contributed by atoms with E-state index in [1.165, 1.54) is 0 Å². The summed E-state index contributed by atoms with van der Waals surface area (Å²) in [6, 6.07) is 0. The van der Waals surface area contributed by atoms with Gasteiger partial charge in [-0.05, 0) is 20.3 Å². The zero-order valence-electron chi connectivity index (χ0n) is 15.2. The zero-order valence-corrected chi connectivity index (χ0v) is 15.2. The van der Waals surface area contributed by atoms with Gasteiger partial charge in [-0.25, -0.2) is 4.98 Å². The van der Waals surface area contributed by atoms with Gasteiger partial charge in [0.05, 0.1) is 18.8 Å². The van der Waals surface area contributed by atoms with Crippen LogP contribution in [0.25, 0.3) is 0 Å². The van der Waals surface area contributed by atoms with E-state index in [4.69, 9.17) is 9.26 Å². The topological polar surface area (TPSA) is 97.1 Å². The van der Waals surface area contributed by atoms with Gasteiger partial charge >= 0.3 is 0 Å². The molecule has 1 aliphatic rings. The van der Waals surface area contributed by atoms with Crippen LogP contribution in [0.15, 0.2) is 4.52 Å². The van der Waals surface area contributed by atoms with Gasteiger partial charge in [0.2, 0.25) is 5.91 Å². The summed E-state index contributed by atoms with van der Waals surface area (Å²) in [5.41, 5.74) is 1.87. The third-order valence-electron chi connectivity index (χ3n) is 4.66. The third kappa shape index (κ3) is 3.73. The van der Waals surface area contributed by atoms with Gasteiger partial charge in [-0.15, -0.1) is 0 Å². The minimum absolute atomic E-state index is 0.111. The molecule has 0 radical (unpaired) electrons. The molecule has 2 aromatic heterocycles. The second kappa shape index (κ2) is 7.35. The van der Waals surface area contributed by atoms with Gasteiger partial charge in [0.25, 0.3) is 0 Å². The van der Waals surface area contributed by atoms with E-state index in [1.807, 2.05) is 32.6 Å². The molecule has 2 aromatic rings. The number of morpholine rings is 1. The molecule has 0 unspecified atom stereocenters. The molecule has 25 heavy (non-hydrogen) atoms. The van der Waals surface area contributed by atoms with Crippen LogP contribution in [0.5, 0.6) is 0 Å². The molecular formula is C17H25N5O3. The van der Waals surface area contributed by atoms with Crippen LogP contribution in [-0.2, 0) is 22.4 Å². The first kappa shape index (κ1) is 17.6. The molecule has 8 heteroatoms. The third-order valence-corrected chi connectivity index (χ3v) is 4.66. The maximum absolute atomic E-state index is 12.9. The van der Waals surface area contributed by atoms with Crippen LogP contribution in [0.2, 0.25) is 0 Å². The second-order valence-electron chi connectivity index (χ2n) is 6.55. The molecule has 2 atom stereocenters. The summed E-state index contributed by atoms with van der Waals surface area (Å²) < 4.78 is 11.0. The molecule has 1 aliphatic heterocycles. The van der Waals surface area contributed by atoms with E-state index in [9.17, 15) is 4.79 Å². The van der Waals surface area contributed by atoms with Crippen molar-refractivity contribution in [2.45, 2.75) is 46.6 Å². The van der Waals surface area contributed by atoms with Crippen molar-refractivity contribution in [1.29, 1.82) is 0 Å². The lowest BCUT2D eigenvalue weighted by molar-refractivity contribution is -0.143. The van der Waals surface area contributed by atoms with Crippen LogP contribution in [0.4, 0.5) is 0 Å². The highest BCUT2D eigenvalue weighted by atomic mass is 16.5. The van der Waals surface area contributed by atoms with Crippen molar-refractivity contribution < 1.29 is 14.1 Å². The Kier molecular flexibility index (Phi) is 5.17. The van der Waals surface area contributed by atoms with E-state index in [1.54, 1.807) is 0 Å². The number of ether oxygens (including phenoxy) is 1. The van der Waals surface area contributed by atoms with E-state index >= 15 is 0 Å². The van der Waals surface area contributed by atoms with Gasteiger partial charge in [-0.3, -0.25) is 9.89 Å². The number of carbonyl (C=O) groups is 1. The summed E-state index contributed by atoms with van der Waals surface area (Å²) in [5, 5.41) is 11.1. The summed E-state index contributed by atoms with van der Waals surface area (Å²) >= 11 is 0. The first-order chi connectivity index (χ1) is 12.0. The first-order valence-electron chi connectivity index (χ1n) is 8.72. The Morgan fingerprint density at radius 2 is 2.24 bits per heavy atom. The van der Waals surface area contributed by atoms with Crippen LogP contribution in [0.3, 0.4) is 0 Å². The molecule has 1 saturated heterocycles. The molecular weight excluding hydrogens is 322 g/mol. The van der Waals surface area contributed by atoms with Crippen molar-refractivity contribution in [2.24, 2.45) is 5.92 Å². The second-order valence-corrected chi connectivity index (χ2v) is 6.55. The van der Waals surface area contributed by atoms with E-state index < -0.39 is 0 Å². The van der Waals surface area contributed by atoms with Crippen molar-refractivity contribution in [3.63, 3.8) is 0 Å². The Morgan fingerprint density at radius 3 is 2.88 bits per heavy atom. The number of amides is 1. The number of aromatic amines is 1. The lowest BCUT2D eigenvalue weighted by Crippen LogP contribution is -2.45. The predicted molar refractivity (Wildman–Crippen MR) is 89.9 cm³/mol. The fourth-order valence-corrected chi connectivity index (χ4v) is 3.12. The number of carbonyl (C=O) groups excluding carboxylic acids is 1. The standard InChI is InChI=1S/C17H25N5O3/c1-5-15-18-16(20-19-15)14-9-22(6-7-24-14)17(23)10(2)8-13-11(3)21-25-12(13)4/h10,14H,5-9H2,1-4H3,(H,18,19,20)/t10-,14+/m1/s1. The first-order valence-corrected chi connectivity index (χ1v) is 8.72. The lowest BCUT2D eigenvalue weighted by atomic mass is 9.98. The molecule has 1 N–H and O–H groups in total. The fraction of sp³-hybridized carbons (Fsp3) is 0.647. The molecule has 136 valence electrons. The van der Waals surface area contributed by atoms with Gasteiger partial charge in [0, 0.05) is 24.4 Å². The zero-order chi connectivity index (χ0) is 18.0. The molecule has 1 fully saturated rings. The Labute approximate surface area is 146 Å². The Hall–Kier alpha value is -2.22. The molecule has 0 aliphatic carbocycles.